The molecule has 1 N–H and O–H groups in total. The van der Waals surface area contributed by atoms with Gasteiger partial charge in [-0.25, -0.2) is 0 Å². The Morgan fingerprint density at radius 2 is 2.25 bits per heavy atom. The average Bonchev–Trinajstić information content (AvgIpc) is 2.37. The predicted molar refractivity (Wildman–Crippen MR) is 69.7 cm³/mol. The van der Waals surface area contributed by atoms with Crippen molar-refractivity contribution in [2.75, 3.05) is 37.7 Å². The van der Waals surface area contributed by atoms with Crippen LogP contribution in [0.1, 0.15) is 5.56 Å². The molecule has 0 amide bonds. The summed E-state index contributed by atoms with van der Waals surface area (Å²) in [6.07, 6.45) is 3.74. The molecule has 1 aromatic rings. The van der Waals surface area contributed by atoms with Crippen LogP contribution in [0, 0.1) is 0 Å². The molecule has 88 valence electrons. The van der Waals surface area contributed by atoms with Gasteiger partial charge in [0.05, 0.1) is 0 Å². The number of pyridine rings is 1. The average molecular weight is 237 g/mol. The maximum absolute atomic E-state index is 4.10. The van der Waals surface area contributed by atoms with Gasteiger partial charge < -0.3 is 10.2 Å². The van der Waals surface area contributed by atoms with Gasteiger partial charge in [0.2, 0.25) is 0 Å². The smallest absolute Gasteiger partial charge is 0.0312 e. The lowest BCUT2D eigenvalue weighted by Crippen LogP contribution is -2.37. The van der Waals surface area contributed by atoms with Crippen molar-refractivity contribution in [3.63, 3.8) is 0 Å². The first-order valence-corrected chi connectivity index (χ1v) is 7.00. The third-order valence-corrected chi connectivity index (χ3v) is 3.70. The zero-order valence-electron chi connectivity index (χ0n) is 9.56. The van der Waals surface area contributed by atoms with E-state index < -0.39 is 0 Å². The van der Waals surface area contributed by atoms with Gasteiger partial charge >= 0.3 is 0 Å². The Morgan fingerprint density at radius 3 is 3.00 bits per heavy atom. The van der Waals surface area contributed by atoms with Gasteiger partial charge in [-0.3, -0.25) is 4.98 Å². The van der Waals surface area contributed by atoms with E-state index in [1.54, 1.807) is 0 Å². The van der Waals surface area contributed by atoms with E-state index in [2.05, 4.69) is 33.0 Å². The molecule has 0 atom stereocenters. The number of rotatable bonds is 5. The van der Waals surface area contributed by atoms with Gasteiger partial charge in [-0.1, -0.05) is 6.07 Å². The van der Waals surface area contributed by atoms with Crippen molar-refractivity contribution in [2.45, 2.75) is 6.54 Å². The van der Waals surface area contributed by atoms with Crippen LogP contribution in [0.25, 0.3) is 0 Å². The first kappa shape index (κ1) is 11.9. The molecule has 3 nitrogen and oxygen atoms in total. The van der Waals surface area contributed by atoms with Crippen LogP contribution in [0.3, 0.4) is 0 Å². The minimum atomic E-state index is 0.927. The zero-order valence-corrected chi connectivity index (χ0v) is 10.4. The fourth-order valence-electron chi connectivity index (χ4n) is 1.80. The Balaban J connectivity index is 1.58. The van der Waals surface area contributed by atoms with E-state index in [-0.39, 0.29) is 0 Å². The Bertz CT molecular complexity index is 286. The zero-order chi connectivity index (χ0) is 11.1. The number of nitrogens with zero attached hydrogens (tertiary/aromatic N) is 2. The van der Waals surface area contributed by atoms with E-state index in [0.29, 0.717) is 0 Å². The summed E-state index contributed by atoms with van der Waals surface area (Å²) < 4.78 is 0. The van der Waals surface area contributed by atoms with Crippen LogP contribution in [-0.2, 0) is 6.54 Å². The molecule has 0 spiro atoms. The van der Waals surface area contributed by atoms with Crippen LogP contribution in [0.4, 0.5) is 0 Å². The summed E-state index contributed by atoms with van der Waals surface area (Å²) >= 11 is 2.06. The van der Waals surface area contributed by atoms with Crippen molar-refractivity contribution in [3.05, 3.63) is 30.1 Å². The SMILES string of the molecule is c1cncc(CNCCN2CCSCC2)c1. The Hall–Kier alpha value is -0.580. The normalized spacial score (nSPS) is 17.5. The van der Waals surface area contributed by atoms with E-state index in [1.165, 1.54) is 36.7 Å². The lowest BCUT2D eigenvalue weighted by molar-refractivity contribution is 0.301. The van der Waals surface area contributed by atoms with E-state index >= 15 is 0 Å². The van der Waals surface area contributed by atoms with Gasteiger partial charge in [0.1, 0.15) is 0 Å². The molecule has 0 radical (unpaired) electrons. The second-order valence-electron chi connectivity index (χ2n) is 3.99. The summed E-state index contributed by atoms with van der Waals surface area (Å²) in [5.41, 5.74) is 1.26. The predicted octanol–water partition coefficient (Wildman–Crippen LogP) is 1.22. The van der Waals surface area contributed by atoms with Crippen molar-refractivity contribution in [1.29, 1.82) is 0 Å². The quantitative estimate of drug-likeness (QED) is 0.780. The van der Waals surface area contributed by atoms with Gasteiger partial charge in [-0.15, -0.1) is 0 Å². The molecule has 16 heavy (non-hydrogen) atoms. The van der Waals surface area contributed by atoms with E-state index in [1.807, 2.05) is 18.5 Å². The molecular formula is C12H19N3S. The highest BCUT2D eigenvalue weighted by atomic mass is 32.2. The van der Waals surface area contributed by atoms with Crippen molar-refractivity contribution in [1.82, 2.24) is 15.2 Å². The molecule has 1 saturated heterocycles. The highest BCUT2D eigenvalue weighted by Crippen LogP contribution is 2.07. The third-order valence-electron chi connectivity index (χ3n) is 2.76. The molecule has 4 heteroatoms. The van der Waals surface area contributed by atoms with Gasteiger partial charge in [-0.2, -0.15) is 11.8 Å². The minimum absolute atomic E-state index is 0.927. The standard InChI is InChI=1S/C12H19N3S/c1-2-12(10-13-3-1)11-14-4-5-15-6-8-16-9-7-15/h1-3,10,14H,4-9,11H2. The molecule has 0 aromatic carbocycles. The number of aromatic nitrogens is 1. The van der Waals surface area contributed by atoms with Crippen LogP contribution >= 0.6 is 11.8 Å². The second kappa shape index (κ2) is 6.89. The molecule has 0 saturated carbocycles. The molecule has 1 fully saturated rings. The summed E-state index contributed by atoms with van der Waals surface area (Å²) in [6, 6.07) is 4.09. The summed E-state index contributed by atoms with van der Waals surface area (Å²) in [7, 11) is 0. The van der Waals surface area contributed by atoms with Crippen LogP contribution in [-0.4, -0.2) is 47.6 Å². The maximum Gasteiger partial charge on any atom is 0.0312 e. The third kappa shape index (κ3) is 4.12. The lowest BCUT2D eigenvalue weighted by atomic mass is 10.3. The van der Waals surface area contributed by atoms with E-state index in [9.17, 15) is 0 Å². The van der Waals surface area contributed by atoms with Crippen molar-refractivity contribution in [3.8, 4) is 0 Å². The fraction of sp³-hybridized carbons (Fsp3) is 0.583. The molecule has 0 unspecified atom stereocenters. The van der Waals surface area contributed by atoms with E-state index in [4.69, 9.17) is 0 Å². The second-order valence-corrected chi connectivity index (χ2v) is 5.22. The summed E-state index contributed by atoms with van der Waals surface area (Å²) in [4.78, 5) is 6.63. The van der Waals surface area contributed by atoms with Crippen molar-refractivity contribution >= 4 is 11.8 Å². The molecule has 1 aromatic heterocycles. The first-order valence-electron chi connectivity index (χ1n) is 5.85. The van der Waals surface area contributed by atoms with Gasteiger partial charge in [0.15, 0.2) is 0 Å². The number of hydrogen-bond acceptors (Lipinski definition) is 4. The molecule has 1 aliphatic rings. The Morgan fingerprint density at radius 1 is 1.38 bits per heavy atom. The summed E-state index contributed by atoms with van der Waals surface area (Å²) in [5.74, 6) is 2.59. The van der Waals surface area contributed by atoms with Gasteiger partial charge in [-0.05, 0) is 11.6 Å². The summed E-state index contributed by atoms with van der Waals surface area (Å²) in [5, 5.41) is 3.46. The van der Waals surface area contributed by atoms with Crippen LogP contribution in [0.2, 0.25) is 0 Å². The highest BCUT2D eigenvalue weighted by molar-refractivity contribution is 7.99. The molecule has 0 aliphatic carbocycles. The number of nitrogens with one attached hydrogen (secondary N) is 1. The molecular weight excluding hydrogens is 218 g/mol. The first-order chi connectivity index (χ1) is 7.95. The summed E-state index contributed by atoms with van der Waals surface area (Å²) in [6.45, 7) is 5.66. The minimum Gasteiger partial charge on any atom is -0.311 e. The molecule has 1 aliphatic heterocycles. The number of thioether (sulfide) groups is 1. The van der Waals surface area contributed by atoms with Crippen LogP contribution in [0.15, 0.2) is 24.5 Å². The van der Waals surface area contributed by atoms with Crippen LogP contribution < -0.4 is 5.32 Å². The molecule has 2 rings (SSSR count). The molecule has 0 bridgehead atoms. The fourth-order valence-corrected chi connectivity index (χ4v) is 2.78. The monoisotopic (exact) mass is 237 g/mol. The van der Waals surface area contributed by atoms with E-state index in [0.717, 1.165) is 13.1 Å². The Kier molecular flexibility index (Phi) is 5.12. The Labute approximate surface area is 102 Å². The number of hydrogen-bond donors (Lipinski definition) is 1. The topological polar surface area (TPSA) is 28.2 Å². The molecule has 2 heterocycles. The van der Waals surface area contributed by atoms with Crippen LogP contribution in [0.5, 0.6) is 0 Å². The maximum atomic E-state index is 4.10. The highest BCUT2D eigenvalue weighted by Gasteiger charge is 2.08. The van der Waals surface area contributed by atoms with Gasteiger partial charge in [0, 0.05) is 56.6 Å². The lowest BCUT2D eigenvalue weighted by Gasteiger charge is -2.26. The van der Waals surface area contributed by atoms with Gasteiger partial charge in [0.25, 0.3) is 0 Å². The van der Waals surface area contributed by atoms with Crippen molar-refractivity contribution < 1.29 is 0 Å². The van der Waals surface area contributed by atoms with Crippen molar-refractivity contribution in [2.24, 2.45) is 0 Å². The largest absolute Gasteiger partial charge is 0.311 e.